The third kappa shape index (κ3) is 3.98. The normalized spacial score (nSPS) is 13.9. The maximum absolute atomic E-state index is 12.5. The van der Waals surface area contributed by atoms with Crippen LogP contribution in [0.2, 0.25) is 0 Å². The van der Waals surface area contributed by atoms with Crippen LogP contribution < -0.4 is 21.3 Å². The first-order valence-corrected chi connectivity index (χ1v) is 9.81. The highest BCUT2D eigenvalue weighted by molar-refractivity contribution is 6.06. The minimum Gasteiger partial charge on any atom is -0.366 e. The van der Waals surface area contributed by atoms with Gasteiger partial charge in [-0.2, -0.15) is 0 Å². The van der Waals surface area contributed by atoms with Crippen molar-refractivity contribution < 1.29 is 14.4 Å². The second-order valence-electron chi connectivity index (χ2n) is 7.23. The van der Waals surface area contributed by atoms with Crippen molar-refractivity contribution in [3.8, 4) is 0 Å². The molecule has 4 amide bonds. The van der Waals surface area contributed by atoms with E-state index in [1.165, 1.54) is 0 Å². The fraction of sp³-hybridized carbons (Fsp3) is 0.227. The highest BCUT2D eigenvalue weighted by atomic mass is 16.2. The number of nitrogens with zero attached hydrogens (tertiary/aromatic N) is 2. The molecule has 0 radical (unpaired) electrons. The number of rotatable bonds is 6. The number of nitrogens with two attached hydrogens (primary N) is 1. The number of benzene rings is 2. The summed E-state index contributed by atoms with van der Waals surface area (Å²) in [5.74, 6) is -0.695. The summed E-state index contributed by atoms with van der Waals surface area (Å²) in [5.41, 5.74) is 8.40. The Kier molecular flexibility index (Phi) is 5.38. The number of primary amides is 1. The second kappa shape index (κ2) is 8.28. The van der Waals surface area contributed by atoms with E-state index in [-0.39, 0.29) is 18.5 Å². The molecule has 1 aliphatic rings. The maximum atomic E-state index is 12.5. The summed E-state index contributed by atoms with van der Waals surface area (Å²) in [4.78, 5) is 37.8. The van der Waals surface area contributed by atoms with E-state index in [1.807, 2.05) is 48.5 Å². The summed E-state index contributed by atoms with van der Waals surface area (Å²) in [6.07, 6.45) is 2.53. The summed E-state index contributed by atoms with van der Waals surface area (Å²) in [5, 5.41) is 6.45. The summed E-state index contributed by atoms with van der Waals surface area (Å²) < 4.78 is 1.73. The molecule has 0 spiro atoms. The van der Waals surface area contributed by atoms with Crippen LogP contribution in [-0.2, 0) is 17.9 Å². The van der Waals surface area contributed by atoms with Gasteiger partial charge in [0.2, 0.25) is 5.91 Å². The quantitative estimate of drug-likeness (QED) is 0.583. The third-order valence-corrected chi connectivity index (χ3v) is 5.19. The predicted molar refractivity (Wildman–Crippen MR) is 114 cm³/mol. The Morgan fingerprint density at radius 2 is 1.87 bits per heavy atom. The van der Waals surface area contributed by atoms with Crippen molar-refractivity contribution in [3.63, 3.8) is 0 Å². The van der Waals surface area contributed by atoms with E-state index in [4.69, 9.17) is 5.73 Å². The molecule has 1 fully saturated rings. The molecule has 1 aromatic heterocycles. The minimum atomic E-state index is -0.521. The molecule has 2 heterocycles. The van der Waals surface area contributed by atoms with Gasteiger partial charge in [-0.05, 0) is 30.2 Å². The number of carbonyl (C=O) groups excluding carboxylic acids is 3. The molecule has 8 heteroatoms. The van der Waals surface area contributed by atoms with Crippen LogP contribution in [0.1, 0.15) is 22.3 Å². The topological polar surface area (TPSA) is 109 Å². The highest BCUT2D eigenvalue weighted by Gasteiger charge is 2.19. The van der Waals surface area contributed by atoms with Gasteiger partial charge in [0.1, 0.15) is 6.54 Å². The lowest BCUT2D eigenvalue weighted by Crippen LogP contribution is -2.46. The second-order valence-corrected chi connectivity index (χ2v) is 7.23. The van der Waals surface area contributed by atoms with E-state index in [0.29, 0.717) is 25.2 Å². The van der Waals surface area contributed by atoms with Crippen molar-refractivity contribution in [1.82, 2.24) is 15.2 Å². The number of hydrogen-bond acceptors (Lipinski definition) is 3. The van der Waals surface area contributed by atoms with Gasteiger partial charge in [0, 0.05) is 42.4 Å². The van der Waals surface area contributed by atoms with Crippen LogP contribution >= 0.6 is 0 Å². The van der Waals surface area contributed by atoms with Gasteiger partial charge in [0.05, 0.1) is 5.56 Å². The van der Waals surface area contributed by atoms with Crippen molar-refractivity contribution in [2.45, 2.75) is 19.5 Å². The molecule has 1 saturated heterocycles. The van der Waals surface area contributed by atoms with Gasteiger partial charge in [0.25, 0.3) is 5.91 Å². The van der Waals surface area contributed by atoms with Gasteiger partial charge in [-0.15, -0.1) is 0 Å². The molecule has 3 aromatic rings. The van der Waals surface area contributed by atoms with Crippen molar-refractivity contribution in [2.75, 3.05) is 18.0 Å². The van der Waals surface area contributed by atoms with Crippen LogP contribution in [0.15, 0.2) is 54.7 Å². The van der Waals surface area contributed by atoms with E-state index in [2.05, 4.69) is 10.6 Å². The van der Waals surface area contributed by atoms with Crippen LogP contribution in [-0.4, -0.2) is 35.5 Å². The lowest BCUT2D eigenvalue weighted by molar-refractivity contribution is -0.121. The molecular weight excluding hydrogens is 382 g/mol. The standard InChI is InChI=1S/C22H23N5O3/c23-21(29)18-13-26(19-5-2-1-4-17(18)19)14-20(28)25-12-15-6-8-16(9-7-15)27-11-3-10-24-22(27)30/h1-2,4-9,13H,3,10-12,14H2,(H2,23,29)(H,24,30)(H,25,28). The number of carbonyl (C=O) groups is 3. The Balaban J connectivity index is 1.39. The summed E-state index contributed by atoms with van der Waals surface area (Å²) in [7, 11) is 0. The first-order chi connectivity index (χ1) is 14.5. The number of aromatic nitrogens is 1. The van der Waals surface area contributed by atoms with Gasteiger partial charge >= 0.3 is 6.03 Å². The van der Waals surface area contributed by atoms with E-state index in [9.17, 15) is 14.4 Å². The average molecular weight is 405 g/mol. The van der Waals surface area contributed by atoms with Crippen molar-refractivity contribution >= 4 is 34.4 Å². The zero-order valence-electron chi connectivity index (χ0n) is 16.4. The van der Waals surface area contributed by atoms with E-state index < -0.39 is 5.91 Å². The molecule has 0 atom stereocenters. The Morgan fingerprint density at radius 3 is 2.60 bits per heavy atom. The lowest BCUT2D eigenvalue weighted by Gasteiger charge is -2.27. The zero-order chi connectivity index (χ0) is 21.1. The van der Waals surface area contributed by atoms with Crippen LogP contribution in [0.5, 0.6) is 0 Å². The molecule has 30 heavy (non-hydrogen) atoms. The van der Waals surface area contributed by atoms with E-state index >= 15 is 0 Å². The number of hydrogen-bond donors (Lipinski definition) is 3. The van der Waals surface area contributed by atoms with Gasteiger partial charge in [-0.3, -0.25) is 14.5 Å². The molecular formula is C22H23N5O3. The Morgan fingerprint density at radius 1 is 1.10 bits per heavy atom. The van der Waals surface area contributed by atoms with Crippen LogP contribution in [0, 0.1) is 0 Å². The van der Waals surface area contributed by atoms with Crippen LogP contribution in [0.3, 0.4) is 0 Å². The van der Waals surface area contributed by atoms with Gasteiger partial charge in [0.15, 0.2) is 0 Å². The number of anilines is 1. The fourth-order valence-corrected chi connectivity index (χ4v) is 3.65. The molecule has 0 bridgehead atoms. The Hall–Kier alpha value is -3.81. The smallest absolute Gasteiger partial charge is 0.321 e. The van der Waals surface area contributed by atoms with Gasteiger partial charge in [-0.25, -0.2) is 4.79 Å². The number of fused-ring (bicyclic) bond motifs is 1. The number of urea groups is 1. The molecule has 0 aliphatic carbocycles. The molecule has 4 rings (SSSR count). The molecule has 4 N–H and O–H groups in total. The van der Waals surface area contributed by atoms with Crippen molar-refractivity contribution in [1.29, 1.82) is 0 Å². The largest absolute Gasteiger partial charge is 0.366 e. The molecule has 8 nitrogen and oxygen atoms in total. The molecule has 1 aliphatic heterocycles. The first kappa shape index (κ1) is 19.5. The Bertz CT molecular complexity index is 1100. The monoisotopic (exact) mass is 405 g/mol. The van der Waals surface area contributed by atoms with Crippen molar-refractivity contribution in [3.05, 3.63) is 65.9 Å². The minimum absolute atomic E-state index is 0.0832. The molecule has 0 saturated carbocycles. The van der Waals surface area contributed by atoms with E-state index in [1.54, 1.807) is 15.7 Å². The van der Waals surface area contributed by atoms with Crippen LogP contribution in [0.25, 0.3) is 10.9 Å². The molecule has 2 aromatic carbocycles. The number of nitrogens with one attached hydrogen (secondary N) is 2. The SMILES string of the molecule is NC(=O)c1cn(CC(=O)NCc2ccc(N3CCCNC3=O)cc2)c2ccccc12. The summed E-state index contributed by atoms with van der Waals surface area (Å²) >= 11 is 0. The van der Waals surface area contributed by atoms with Crippen molar-refractivity contribution in [2.24, 2.45) is 5.73 Å². The zero-order valence-corrected chi connectivity index (χ0v) is 16.4. The lowest BCUT2D eigenvalue weighted by atomic mass is 10.2. The molecule has 0 unspecified atom stereocenters. The average Bonchev–Trinajstić information content (AvgIpc) is 3.12. The third-order valence-electron chi connectivity index (χ3n) is 5.19. The summed E-state index contributed by atoms with van der Waals surface area (Å²) in [6, 6.07) is 14.8. The summed E-state index contributed by atoms with van der Waals surface area (Å²) in [6.45, 7) is 1.85. The van der Waals surface area contributed by atoms with Gasteiger partial charge < -0.3 is 20.9 Å². The van der Waals surface area contributed by atoms with Gasteiger partial charge in [-0.1, -0.05) is 30.3 Å². The van der Waals surface area contributed by atoms with Crippen LogP contribution in [0.4, 0.5) is 10.5 Å². The van der Waals surface area contributed by atoms with E-state index in [0.717, 1.165) is 28.6 Å². The first-order valence-electron chi connectivity index (χ1n) is 9.81. The number of para-hydroxylation sites is 1. The predicted octanol–water partition coefficient (Wildman–Crippen LogP) is 1.98. The Labute approximate surface area is 173 Å². The molecule has 154 valence electrons. The highest BCUT2D eigenvalue weighted by Crippen LogP contribution is 2.21. The maximum Gasteiger partial charge on any atom is 0.321 e. The fourth-order valence-electron chi connectivity index (χ4n) is 3.65. The number of amides is 4.